The van der Waals surface area contributed by atoms with Crippen LogP contribution in [0.15, 0.2) is 23.8 Å². The maximum atomic E-state index is 11.9. The predicted molar refractivity (Wildman–Crippen MR) is 95.8 cm³/mol. The molecule has 0 bridgehead atoms. The molecule has 5 heteroatoms. The molecule has 0 aliphatic heterocycles. The van der Waals surface area contributed by atoms with Gasteiger partial charge < -0.3 is 15.0 Å². The number of allylic oxidation sites excluding steroid dienone is 4. The summed E-state index contributed by atoms with van der Waals surface area (Å²) in [4.78, 5) is 22.8. The predicted octanol–water partition coefficient (Wildman–Crippen LogP) is -0.440. The van der Waals surface area contributed by atoms with Crippen LogP contribution >= 0.6 is 0 Å². The van der Waals surface area contributed by atoms with Crippen LogP contribution in [0.2, 0.25) is 0 Å². The Balaban J connectivity index is 0.00000210. The van der Waals surface area contributed by atoms with Gasteiger partial charge in [0.05, 0.1) is 5.60 Å². The normalized spacial score (nSPS) is 45.2. The zero-order chi connectivity index (χ0) is 18.7. The number of carboxylic acid groups (broad SMARTS) is 1. The quantitative estimate of drug-likeness (QED) is 0.656. The van der Waals surface area contributed by atoms with E-state index in [4.69, 9.17) is 0 Å². The number of aliphatic carboxylic acids is 1. The molecule has 4 aliphatic rings. The van der Waals surface area contributed by atoms with Gasteiger partial charge >= 0.3 is 51.4 Å². The molecular formula is C22H29KO4. The second kappa shape index (κ2) is 7.48. The Hall–Kier alpha value is 0.216. The van der Waals surface area contributed by atoms with Gasteiger partial charge in [-0.25, -0.2) is 0 Å². The van der Waals surface area contributed by atoms with Gasteiger partial charge in [0.25, 0.3) is 0 Å². The molecule has 4 rings (SSSR count). The van der Waals surface area contributed by atoms with Gasteiger partial charge in [0.2, 0.25) is 0 Å². The van der Waals surface area contributed by atoms with E-state index in [1.165, 1.54) is 5.57 Å². The van der Waals surface area contributed by atoms with Crippen LogP contribution in [0.5, 0.6) is 0 Å². The average molecular weight is 397 g/mol. The molecule has 0 heterocycles. The van der Waals surface area contributed by atoms with Crippen molar-refractivity contribution in [3.05, 3.63) is 23.8 Å². The Morgan fingerprint density at radius 3 is 2.63 bits per heavy atom. The minimum absolute atomic E-state index is 0. The van der Waals surface area contributed by atoms with Crippen LogP contribution in [0.4, 0.5) is 0 Å². The van der Waals surface area contributed by atoms with Crippen LogP contribution in [0, 0.1) is 28.6 Å². The van der Waals surface area contributed by atoms with Gasteiger partial charge in [-0.2, -0.15) is 0 Å². The zero-order valence-electron chi connectivity index (χ0n) is 16.8. The second-order valence-electron chi connectivity index (χ2n) is 9.53. The van der Waals surface area contributed by atoms with Crippen molar-refractivity contribution < 1.29 is 71.2 Å². The van der Waals surface area contributed by atoms with E-state index in [9.17, 15) is 19.8 Å². The van der Waals surface area contributed by atoms with Crippen LogP contribution < -0.4 is 56.5 Å². The third-order valence-corrected chi connectivity index (χ3v) is 8.58. The van der Waals surface area contributed by atoms with Gasteiger partial charge in [-0.05, 0) is 85.2 Å². The number of carbonyl (C=O) groups excluding carboxylic acids is 2. The van der Waals surface area contributed by atoms with E-state index in [0.29, 0.717) is 37.0 Å². The standard InChI is InChI=1S/C22H30O4.K/c1-20-9-5-15(23)13-14(20)3-4-16-17(20)6-10-21(2)18(16)7-11-22(21,26)12-8-19(24)25;/h3-4,13,16-18,26H,5-12H2,1-2H3,(H,24,25);/q;+1/p-1/t16-,17+,18+,20+,21+,22-;/m1./s1. The molecule has 4 aliphatic carbocycles. The Kier molecular flexibility index (Phi) is 6.07. The minimum atomic E-state index is -1.08. The second-order valence-corrected chi connectivity index (χ2v) is 9.53. The van der Waals surface area contributed by atoms with E-state index in [0.717, 1.165) is 25.7 Å². The molecule has 2 saturated carbocycles. The molecule has 6 atom stereocenters. The maximum absolute atomic E-state index is 11.9. The van der Waals surface area contributed by atoms with Crippen molar-refractivity contribution in [1.29, 1.82) is 0 Å². The van der Waals surface area contributed by atoms with Crippen molar-refractivity contribution in [2.24, 2.45) is 28.6 Å². The average Bonchev–Trinajstić information content (AvgIpc) is 2.86. The van der Waals surface area contributed by atoms with E-state index in [-0.39, 0.29) is 74.4 Å². The van der Waals surface area contributed by atoms with E-state index >= 15 is 0 Å². The van der Waals surface area contributed by atoms with E-state index < -0.39 is 11.6 Å². The number of rotatable bonds is 3. The van der Waals surface area contributed by atoms with Crippen molar-refractivity contribution in [3.8, 4) is 0 Å². The van der Waals surface area contributed by atoms with E-state index in [1.807, 2.05) is 6.08 Å². The van der Waals surface area contributed by atoms with Crippen molar-refractivity contribution in [3.63, 3.8) is 0 Å². The number of carbonyl (C=O) groups is 2. The summed E-state index contributed by atoms with van der Waals surface area (Å²) in [5.41, 5.74) is 0.0933. The van der Waals surface area contributed by atoms with Gasteiger partial charge in [0.15, 0.2) is 5.78 Å². The summed E-state index contributed by atoms with van der Waals surface area (Å²) in [6.45, 7) is 4.48. The first-order valence-electron chi connectivity index (χ1n) is 10.1. The molecule has 0 saturated heterocycles. The number of fused-ring (bicyclic) bond motifs is 5. The maximum Gasteiger partial charge on any atom is 1.00 e. The smallest absolute Gasteiger partial charge is 0.550 e. The molecule has 0 unspecified atom stereocenters. The van der Waals surface area contributed by atoms with Gasteiger partial charge in [0, 0.05) is 12.4 Å². The molecule has 1 N–H and O–H groups in total. The molecule has 0 spiro atoms. The van der Waals surface area contributed by atoms with Crippen molar-refractivity contribution in [1.82, 2.24) is 0 Å². The molecule has 0 aromatic rings. The first-order chi connectivity index (χ1) is 12.2. The van der Waals surface area contributed by atoms with E-state index in [1.54, 1.807) is 0 Å². The number of ketones is 1. The topological polar surface area (TPSA) is 77.4 Å². The Morgan fingerprint density at radius 1 is 1.22 bits per heavy atom. The summed E-state index contributed by atoms with van der Waals surface area (Å²) in [5.74, 6) is 0.444. The Labute approximate surface area is 204 Å². The third kappa shape index (κ3) is 3.30. The van der Waals surface area contributed by atoms with Crippen LogP contribution in [0.3, 0.4) is 0 Å². The fourth-order valence-corrected chi connectivity index (χ4v) is 6.83. The summed E-state index contributed by atoms with van der Waals surface area (Å²) in [5, 5.41) is 22.3. The Morgan fingerprint density at radius 2 is 1.93 bits per heavy atom. The molecule has 0 aromatic heterocycles. The molecular weight excluding hydrogens is 367 g/mol. The van der Waals surface area contributed by atoms with Crippen LogP contribution in [0.1, 0.15) is 65.2 Å². The third-order valence-electron chi connectivity index (χ3n) is 8.58. The fraction of sp³-hybridized carbons (Fsp3) is 0.727. The summed E-state index contributed by atoms with van der Waals surface area (Å²) in [6, 6.07) is 0. The summed E-state index contributed by atoms with van der Waals surface area (Å²) in [7, 11) is 0. The van der Waals surface area contributed by atoms with Crippen molar-refractivity contribution >= 4 is 11.8 Å². The van der Waals surface area contributed by atoms with Crippen molar-refractivity contribution in [2.45, 2.75) is 70.8 Å². The molecule has 0 amide bonds. The largest absolute Gasteiger partial charge is 1.00 e. The molecule has 2 fully saturated rings. The van der Waals surface area contributed by atoms with Crippen molar-refractivity contribution in [2.75, 3.05) is 0 Å². The van der Waals surface area contributed by atoms with Gasteiger partial charge in [-0.1, -0.05) is 26.0 Å². The molecule has 0 aromatic carbocycles. The molecule has 27 heavy (non-hydrogen) atoms. The van der Waals surface area contributed by atoms with Gasteiger partial charge in [-0.15, -0.1) is 0 Å². The van der Waals surface area contributed by atoms with Gasteiger partial charge in [-0.3, -0.25) is 4.79 Å². The summed E-state index contributed by atoms with van der Waals surface area (Å²) in [6.07, 6.45) is 11.6. The Bertz CT molecular complexity index is 713. The number of carboxylic acids is 1. The molecule has 4 nitrogen and oxygen atoms in total. The molecule has 142 valence electrons. The summed E-state index contributed by atoms with van der Waals surface area (Å²) < 4.78 is 0. The molecule has 0 radical (unpaired) electrons. The monoisotopic (exact) mass is 396 g/mol. The summed E-state index contributed by atoms with van der Waals surface area (Å²) >= 11 is 0. The zero-order valence-corrected chi connectivity index (χ0v) is 19.9. The number of hydrogen-bond donors (Lipinski definition) is 1. The van der Waals surface area contributed by atoms with Crippen LogP contribution in [0.25, 0.3) is 0 Å². The van der Waals surface area contributed by atoms with Crippen LogP contribution in [-0.2, 0) is 9.59 Å². The van der Waals surface area contributed by atoms with E-state index in [2.05, 4.69) is 26.0 Å². The fourth-order valence-electron chi connectivity index (χ4n) is 6.83. The first kappa shape index (κ1) is 21.9. The number of aliphatic hydroxyl groups is 1. The SMILES string of the molecule is C[C@]12CCC(=O)C=C1C=C[C@@H]1[C@@H]2CC[C@@]2(C)[C@H]1CC[C@@]2(O)CCC(=O)[O-].[K+]. The minimum Gasteiger partial charge on any atom is -0.550 e. The van der Waals surface area contributed by atoms with Gasteiger partial charge in [0.1, 0.15) is 0 Å². The van der Waals surface area contributed by atoms with Crippen LogP contribution in [-0.4, -0.2) is 22.5 Å². The first-order valence-corrected chi connectivity index (χ1v) is 10.1. The number of hydrogen-bond acceptors (Lipinski definition) is 4.